The Morgan fingerprint density at radius 2 is 2.03 bits per heavy atom. The zero-order valence-electron chi connectivity index (χ0n) is 17.3. The van der Waals surface area contributed by atoms with E-state index in [1.807, 2.05) is 52.5 Å². The minimum Gasteiger partial charge on any atom is -0.449 e. The number of ether oxygens (including phenoxy) is 1. The van der Waals surface area contributed by atoms with E-state index in [-0.39, 0.29) is 5.78 Å². The smallest absolute Gasteiger partial charge is 0.411 e. The van der Waals surface area contributed by atoms with E-state index < -0.39 is 6.09 Å². The number of thiophene rings is 2. The van der Waals surface area contributed by atoms with E-state index in [1.165, 1.54) is 11.3 Å². The van der Waals surface area contributed by atoms with Crippen LogP contribution in [0.1, 0.15) is 20.8 Å². The summed E-state index contributed by atoms with van der Waals surface area (Å²) in [6.07, 6.45) is 3.36. The minimum atomic E-state index is -0.509. The van der Waals surface area contributed by atoms with Crippen LogP contribution in [-0.4, -0.2) is 33.1 Å². The Kier molecular flexibility index (Phi) is 5.97. The van der Waals surface area contributed by atoms with Gasteiger partial charge in [0.15, 0.2) is 5.65 Å². The van der Waals surface area contributed by atoms with E-state index in [0.29, 0.717) is 34.8 Å². The zero-order valence-corrected chi connectivity index (χ0v) is 18.9. The van der Waals surface area contributed by atoms with Crippen LogP contribution in [0.15, 0.2) is 77.1 Å². The van der Waals surface area contributed by atoms with Gasteiger partial charge in [-0.1, -0.05) is 18.2 Å². The average molecular weight is 475 g/mol. The van der Waals surface area contributed by atoms with Crippen LogP contribution in [0.2, 0.25) is 0 Å². The molecular weight excluding hydrogens is 456 g/mol. The van der Waals surface area contributed by atoms with E-state index in [9.17, 15) is 9.59 Å². The molecule has 0 saturated carbocycles. The normalized spacial score (nSPS) is 10.9. The van der Waals surface area contributed by atoms with Crippen molar-refractivity contribution in [1.82, 2.24) is 14.6 Å². The molecule has 5 aromatic rings. The van der Waals surface area contributed by atoms with Crippen molar-refractivity contribution in [2.24, 2.45) is 0 Å². The molecule has 0 unspecified atom stereocenters. The Labute approximate surface area is 197 Å². The van der Waals surface area contributed by atoms with Crippen LogP contribution in [0, 0.1) is 0 Å². The van der Waals surface area contributed by atoms with Crippen LogP contribution in [0.4, 0.5) is 10.5 Å². The van der Waals surface area contributed by atoms with Gasteiger partial charge in [0.05, 0.1) is 28.9 Å². The summed E-state index contributed by atoms with van der Waals surface area (Å²) in [6, 6.07) is 14.8. The van der Waals surface area contributed by atoms with Crippen molar-refractivity contribution in [3.05, 3.63) is 93.1 Å². The van der Waals surface area contributed by atoms with E-state index in [2.05, 4.69) is 15.4 Å². The molecule has 5 rings (SSSR count). The van der Waals surface area contributed by atoms with Crippen molar-refractivity contribution in [2.45, 2.75) is 6.42 Å². The van der Waals surface area contributed by atoms with Gasteiger partial charge in [-0.2, -0.15) is 16.4 Å². The molecule has 0 spiro atoms. The minimum absolute atomic E-state index is 0.106. The second kappa shape index (κ2) is 9.35. The summed E-state index contributed by atoms with van der Waals surface area (Å²) in [5.41, 5.74) is 4.24. The predicted octanol–water partition coefficient (Wildman–Crippen LogP) is 5.54. The number of ketones is 1. The summed E-state index contributed by atoms with van der Waals surface area (Å²) in [7, 11) is 0. The molecule has 7 nitrogen and oxygen atoms in total. The molecule has 0 bridgehead atoms. The van der Waals surface area contributed by atoms with Gasteiger partial charge in [-0.05, 0) is 52.0 Å². The van der Waals surface area contributed by atoms with Crippen molar-refractivity contribution >= 4 is 45.9 Å². The number of carbonyl (C=O) groups is 2. The first-order chi connectivity index (χ1) is 16.2. The fraction of sp³-hybridized carbons (Fsp3) is 0.0833. The molecule has 0 atom stereocenters. The summed E-state index contributed by atoms with van der Waals surface area (Å²) < 4.78 is 6.93. The Morgan fingerprint density at radius 3 is 2.85 bits per heavy atom. The maximum Gasteiger partial charge on any atom is 0.411 e. The highest BCUT2D eigenvalue weighted by atomic mass is 32.1. The van der Waals surface area contributed by atoms with Gasteiger partial charge < -0.3 is 4.74 Å². The summed E-state index contributed by atoms with van der Waals surface area (Å²) in [5, 5.41) is 13.1. The van der Waals surface area contributed by atoms with Crippen molar-refractivity contribution < 1.29 is 14.3 Å². The maximum absolute atomic E-state index is 12.8. The highest BCUT2D eigenvalue weighted by molar-refractivity contribution is 7.12. The first-order valence-corrected chi connectivity index (χ1v) is 12.0. The number of carbonyl (C=O) groups excluding carboxylic acids is 2. The van der Waals surface area contributed by atoms with Crippen LogP contribution in [0.5, 0.6) is 0 Å². The third kappa shape index (κ3) is 4.55. The van der Waals surface area contributed by atoms with Crippen molar-refractivity contribution in [3.8, 4) is 11.3 Å². The average Bonchev–Trinajstić information content (AvgIpc) is 3.60. The molecule has 0 aliphatic carbocycles. The molecule has 1 amide bonds. The summed E-state index contributed by atoms with van der Waals surface area (Å²) in [4.78, 5) is 30.0. The van der Waals surface area contributed by atoms with Gasteiger partial charge in [-0.15, -0.1) is 11.3 Å². The van der Waals surface area contributed by atoms with Gasteiger partial charge >= 0.3 is 6.09 Å². The first-order valence-electron chi connectivity index (χ1n) is 10.2. The number of amides is 1. The molecule has 0 saturated heterocycles. The quantitative estimate of drug-likeness (QED) is 0.313. The van der Waals surface area contributed by atoms with Crippen LogP contribution in [-0.2, 0) is 11.2 Å². The van der Waals surface area contributed by atoms with Gasteiger partial charge in [-0.25, -0.2) is 14.3 Å². The third-order valence-electron chi connectivity index (χ3n) is 5.00. The molecule has 164 valence electrons. The van der Waals surface area contributed by atoms with Crippen molar-refractivity contribution in [3.63, 3.8) is 0 Å². The molecule has 4 aromatic heterocycles. The van der Waals surface area contributed by atoms with Crippen LogP contribution < -0.4 is 5.32 Å². The largest absolute Gasteiger partial charge is 0.449 e. The molecule has 1 aromatic carbocycles. The molecule has 0 radical (unpaired) electrons. The second-order valence-corrected chi connectivity index (χ2v) is 8.88. The fourth-order valence-corrected chi connectivity index (χ4v) is 4.80. The third-order valence-corrected chi connectivity index (χ3v) is 6.60. The van der Waals surface area contributed by atoms with Crippen molar-refractivity contribution in [1.29, 1.82) is 0 Å². The van der Waals surface area contributed by atoms with Gasteiger partial charge in [0, 0.05) is 23.9 Å². The predicted molar refractivity (Wildman–Crippen MR) is 129 cm³/mol. The Hall–Kier alpha value is -3.82. The molecule has 33 heavy (non-hydrogen) atoms. The molecule has 1 N–H and O–H groups in total. The van der Waals surface area contributed by atoms with E-state index in [4.69, 9.17) is 4.74 Å². The van der Waals surface area contributed by atoms with Gasteiger partial charge in [0.1, 0.15) is 0 Å². The summed E-state index contributed by atoms with van der Waals surface area (Å²) in [6.45, 7) is 0.307. The number of rotatable bonds is 7. The Bertz CT molecular complexity index is 1410. The second-order valence-electron chi connectivity index (χ2n) is 7.15. The molecule has 4 heterocycles. The maximum atomic E-state index is 12.8. The number of benzene rings is 1. The number of nitrogens with one attached hydrogen (secondary N) is 1. The van der Waals surface area contributed by atoms with Crippen LogP contribution >= 0.6 is 22.7 Å². The van der Waals surface area contributed by atoms with E-state index in [0.717, 1.165) is 16.8 Å². The van der Waals surface area contributed by atoms with Gasteiger partial charge in [0.25, 0.3) is 0 Å². The van der Waals surface area contributed by atoms with Gasteiger partial charge in [0.2, 0.25) is 5.78 Å². The Morgan fingerprint density at radius 1 is 1.09 bits per heavy atom. The lowest BCUT2D eigenvalue weighted by Gasteiger charge is -2.09. The molecule has 0 aliphatic heterocycles. The first kappa shape index (κ1) is 21.0. The number of fused-ring (bicyclic) bond motifs is 1. The van der Waals surface area contributed by atoms with E-state index in [1.54, 1.807) is 40.4 Å². The molecule has 0 fully saturated rings. The zero-order chi connectivity index (χ0) is 22.6. The number of hydrogen-bond donors (Lipinski definition) is 1. The summed E-state index contributed by atoms with van der Waals surface area (Å²) in [5.74, 6) is -0.106. The molecule has 0 aliphatic rings. The molecule has 9 heteroatoms. The van der Waals surface area contributed by atoms with Gasteiger partial charge in [-0.3, -0.25) is 10.1 Å². The monoisotopic (exact) mass is 474 g/mol. The lowest BCUT2D eigenvalue weighted by atomic mass is 10.1. The number of hydrogen-bond acceptors (Lipinski definition) is 7. The number of nitrogens with zero attached hydrogens (tertiary/aromatic N) is 3. The SMILES string of the molecule is O=C(Nc1cccc(-c2ccnc3c(C(=O)c4cccs4)cnn23)c1)OCCc1ccsc1. The van der Waals surface area contributed by atoms with Crippen LogP contribution in [0.25, 0.3) is 16.9 Å². The lowest BCUT2D eigenvalue weighted by Crippen LogP contribution is -2.15. The summed E-state index contributed by atoms with van der Waals surface area (Å²) >= 11 is 3.00. The standard InChI is InChI=1S/C24H18N4O3S2/c29-22(21-5-2-11-33-21)19-14-26-28-20(6-9-25-23(19)28)17-3-1-4-18(13-17)27-24(30)31-10-7-16-8-12-32-15-16/h1-6,8-9,11-15H,7,10H2,(H,27,30). The number of aromatic nitrogens is 3. The highest BCUT2D eigenvalue weighted by Crippen LogP contribution is 2.25. The topological polar surface area (TPSA) is 85.6 Å². The molecular formula is C24H18N4O3S2. The highest BCUT2D eigenvalue weighted by Gasteiger charge is 2.18. The number of anilines is 1. The van der Waals surface area contributed by atoms with Crippen molar-refractivity contribution in [2.75, 3.05) is 11.9 Å². The van der Waals surface area contributed by atoms with Crippen LogP contribution in [0.3, 0.4) is 0 Å². The lowest BCUT2D eigenvalue weighted by molar-refractivity contribution is 0.104. The van der Waals surface area contributed by atoms with E-state index >= 15 is 0 Å². The fourth-order valence-electron chi connectivity index (χ4n) is 3.42. The Balaban J connectivity index is 1.34.